The van der Waals surface area contributed by atoms with Crippen molar-refractivity contribution in [2.45, 2.75) is 0 Å². The van der Waals surface area contributed by atoms with Crippen molar-refractivity contribution in [3.8, 4) is 0 Å². The predicted molar refractivity (Wildman–Crippen MR) is 47.0 cm³/mol. The van der Waals surface area contributed by atoms with Gasteiger partial charge in [0.25, 0.3) is 0 Å². The topological polar surface area (TPSA) is 9.23 Å². The van der Waals surface area contributed by atoms with Crippen molar-refractivity contribution >= 4 is 31.9 Å². The van der Waals surface area contributed by atoms with E-state index in [0.717, 1.165) is 8.96 Å². The number of hydrogen-bond donors (Lipinski definition) is 0. The second-order valence-corrected chi connectivity index (χ2v) is 3.77. The van der Waals surface area contributed by atoms with Crippen molar-refractivity contribution in [2.24, 2.45) is 0 Å². The molecule has 0 fully saturated rings. The van der Waals surface area contributed by atoms with Gasteiger partial charge in [-0.05, 0) is 0 Å². The van der Waals surface area contributed by atoms with Gasteiger partial charge in [-0.15, -0.1) is 0 Å². The lowest BCUT2D eigenvalue weighted by atomic mass is 10.6. The van der Waals surface area contributed by atoms with E-state index in [1.165, 1.54) is 0 Å². The Morgan fingerprint density at radius 1 is 1.11 bits per heavy atom. The Bertz CT molecular complexity index is 106. The van der Waals surface area contributed by atoms with E-state index in [4.69, 9.17) is 4.74 Å². The van der Waals surface area contributed by atoms with E-state index in [9.17, 15) is 0 Å². The van der Waals surface area contributed by atoms with Crippen LogP contribution in [0.2, 0.25) is 0 Å². The first-order valence-corrected chi connectivity index (χ1v) is 3.96. The quantitative estimate of drug-likeness (QED) is 0.751. The minimum atomic E-state index is 0.532. The predicted octanol–water partition coefficient (Wildman–Crippen LogP) is 2.82. The average molecular weight is 256 g/mol. The molecule has 0 aromatic rings. The molecule has 0 atom stereocenters. The third-order valence-electron chi connectivity index (χ3n) is 0.517. The zero-order chi connectivity index (χ0) is 7.28. The zero-order valence-corrected chi connectivity index (χ0v) is 8.16. The SMILES string of the molecule is C=C(Br)COCC(=C)Br. The number of ether oxygens (including phenoxy) is 1. The molecule has 0 N–H and O–H groups in total. The first-order chi connectivity index (χ1) is 4.13. The molecule has 0 heterocycles. The molecule has 0 spiro atoms. The molecule has 0 saturated heterocycles. The fourth-order valence-electron chi connectivity index (χ4n) is 0.273. The van der Waals surface area contributed by atoms with Crippen LogP contribution in [0.3, 0.4) is 0 Å². The Labute approximate surface area is 72.0 Å². The van der Waals surface area contributed by atoms with Crippen LogP contribution >= 0.6 is 31.9 Å². The van der Waals surface area contributed by atoms with E-state index < -0.39 is 0 Å². The molecular weight excluding hydrogens is 248 g/mol. The van der Waals surface area contributed by atoms with Crippen LogP contribution in [-0.4, -0.2) is 13.2 Å². The first kappa shape index (κ1) is 9.40. The highest BCUT2D eigenvalue weighted by Crippen LogP contribution is 2.04. The molecule has 3 heteroatoms. The van der Waals surface area contributed by atoms with Gasteiger partial charge < -0.3 is 4.74 Å². The van der Waals surface area contributed by atoms with Gasteiger partial charge in [0.2, 0.25) is 0 Å². The van der Waals surface area contributed by atoms with E-state index in [1.807, 2.05) is 0 Å². The van der Waals surface area contributed by atoms with Gasteiger partial charge in [-0.1, -0.05) is 45.0 Å². The smallest absolute Gasteiger partial charge is 0.0780 e. The lowest BCUT2D eigenvalue weighted by Crippen LogP contribution is -1.94. The van der Waals surface area contributed by atoms with Crippen LogP contribution in [0.25, 0.3) is 0 Å². The summed E-state index contributed by atoms with van der Waals surface area (Å²) >= 11 is 6.32. The van der Waals surface area contributed by atoms with E-state index in [2.05, 4.69) is 45.0 Å². The Balaban J connectivity index is 3.10. The lowest BCUT2D eigenvalue weighted by molar-refractivity contribution is 0.191. The largest absolute Gasteiger partial charge is 0.371 e. The van der Waals surface area contributed by atoms with Crippen molar-refractivity contribution < 1.29 is 4.74 Å². The molecule has 1 nitrogen and oxygen atoms in total. The Kier molecular flexibility index (Phi) is 5.44. The van der Waals surface area contributed by atoms with Crippen molar-refractivity contribution in [3.05, 3.63) is 22.1 Å². The van der Waals surface area contributed by atoms with Crippen molar-refractivity contribution in [1.29, 1.82) is 0 Å². The number of halogens is 2. The molecule has 0 aliphatic rings. The molecule has 0 rings (SSSR count). The van der Waals surface area contributed by atoms with E-state index in [-0.39, 0.29) is 0 Å². The minimum absolute atomic E-state index is 0.532. The molecule has 0 aliphatic carbocycles. The van der Waals surface area contributed by atoms with Crippen molar-refractivity contribution in [1.82, 2.24) is 0 Å². The number of hydrogen-bond acceptors (Lipinski definition) is 1. The highest BCUT2D eigenvalue weighted by atomic mass is 79.9. The zero-order valence-electron chi connectivity index (χ0n) is 4.99. The monoisotopic (exact) mass is 254 g/mol. The Hall–Kier alpha value is 0.400. The summed E-state index contributed by atoms with van der Waals surface area (Å²) in [5.41, 5.74) is 0. The van der Waals surface area contributed by atoms with E-state index in [0.29, 0.717) is 13.2 Å². The summed E-state index contributed by atoms with van der Waals surface area (Å²) in [5, 5.41) is 0. The standard InChI is InChI=1S/C6H8Br2O/c1-5(7)3-9-4-6(2)8/h1-4H2. The summed E-state index contributed by atoms with van der Waals surface area (Å²) in [5.74, 6) is 0. The van der Waals surface area contributed by atoms with Gasteiger partial charge in [0, 0.05) is 8.96 Å². The maximum Gasteiger partial charge on any atom is 0.0780 e. The van der Waals surface area contributed by atoms with Crippen LogP contribution in [0.4, 0.5) is 0 Å². The number of rotatable bonds is 4. The van der Waals surface area contributed by atoms with Gasteiger partial charge in [0.1, 0.15) is 0 Å². The minimum Gasteiger partial charge on any atom is -0.371 e. The van der Waals surface area contributed by atoms with Gasteiger partial charge in [-0.25, -0.2) is 0 Å². The summed E-state index contributed by atoms with van der Waals surface area (Å²) < 4.78 is 6.75. The molecule has 0 radical (unpaired) electrons. The van der Waals surface area contributed by atoms with Crippen LogP contribution in [0.15, 0.2) is 22.1 Å². The summed E-state index contributed by atoms with van der Waals surface area (Å²) in [6, 6.07) is 0. The highest BCUT2D eigenvalue weighted by Gasteiger charge is 1.88. The van der Waals surface area contributed by atoms with Gasteiger partial charge in [-0.3, -0.25) is 0 Å². The van der Waals surface area contributed by atoms with Crippen LogP contribution < -0.4 is 0 Å². The fraction of sp³-hybridized carbons (Fsp3) is 0.333. The normalized spacial score (nSPS) is 9.11. The molecule has 0 amide bonds. The summed E-state index contributed by atoms with van der Waals surface area (Å²) in [7, 11) is 0. The van der Waals surface area contributed by atoms with Crippen LogP contribution in [0, 0.1) is 0 Å². The van der Waals surface area contributed by atoms with Gasteiger partial charge in [0.05, 0.1) is 13.2 Å². The van der Waals surface area contributed by atoms with Crippen LogP contribution in [0.1, 0.15) is 0 Å². The summed E-state index contributed by atoms with van der Waals surface area (Å²) in [4.78, 5) is 0. The average Bonchev–Trinajstić information content (AvgIpc) is 1.63. The third kappa shape index (κ3) is 8.40. The maximum absolute atomic E-state index is 5.06. The first-order valence-electron chi connectivity index (χ1n) is 2.37. The van der Waals surface area contributed by atoms with Crippen molar-refractivity contribution in [2.75, 3.05) is 13.2 Å². The second-order valence-electron chi connectivity index (χ2n) is 1.53. The Morgan fingerprint density at radius 2 is 1.44 bits per heavy atom. The molecule has 9 heavy (non-hydrogen) atoms. The van der Waals surface area contributed by atoms with Gasteiger partial charge in [-0.2, -0.15) is 0 Å². The summed E-state index contributed by atoms with van der Waals surface area (Å²) in [6.07, 6.45) is 0. The van der Waals surface area contributed by atoms with E-state index in [1.54, 1.807) is 0 Å². The molecule has 0 bridgehead atoms. The Morgan fingerprint density at radius 3 is 1.67 bits per heavy atom. The highest BCUT2D eigenvalue weighted by molar-refractivity contribution is 9.12. The van der Waals surface area contributed by atoms with Crippen LogP contribution in [0.5, 0.6) is 0 Å². The lowest BCUT2D eigenvalue weighted by Gasteiger charge is -1.98. The molecule has 0 saturated carbocycles. The molecule has 0 aromatic carbocycles. The van der Waals surface area contributed by atoms with Crippen molar-refractivity contribution in [3.63, 3.8) is 0 Å². The molecule has 0 aromatic heterocycles. The van der Waals surface area contributed by atoms with E-state index >= 15 is 0 Å². The molecule has 0 aliphatic heterocycles. The third-order valence-corrected chi connectivity index (χ3v) is 0.975. The van der Waals surface area contributed by atoms with Crippen LogP contribution in [-0.2, 0) is 4.74 Å². The van der Waals surface area contributed by atoms with Gasteiger partial charge >= 0.3 is 0 Å². The fourth-order valence-corrected chi connectivity index (χ4v) is 0.596. The molecular formula is C6H8Br2O. The molecule has 52 valence electrons. The summed E-state index contributed by atoms with van der Waals surface area (Å²) in [6.45, 7) is 8.26. The van der Waals surface area contributed by atoms with Gasteiger partial charge in [0.15, 0.2) is 0 Å². The maximum atomic E-state index is 5.06. The second kappa shape index (κ2) is 5.21. The molecule has 0 unspecified atom stereocenters.